The fourth-order valence-corrected chi connectivity index (χ4v) is 6.38. The van der Waals surface area contributed by atoms with E-state index in [1.807, 2.05) is 110 Å². The molecule has 300 valence electrons. The number of rotatable bonds is 10. The van der Waals surface area contributed by atoms with Gasteiger partial charge in [-0.25, -0.2) is 4.99 Å². The molecule has 59 heavy (non-hydrogen) atoms. The topological polar surface area (TPSA) is 93.8 Å². The highest BCUT2D eigenvalue weighted by Crippen LogP contribution is 2.32. The first kappa shape index (κ1) is 46.1. The summed E-state index contributed by atoms with van der Waals surface area (Å²) in [7, 11) is 0. The van der Waals surface area contributed by atoms with E-state index in [0.717, 1.165) is 66.8 Å². The van der Waals surface area contributed by atoms with E-state index in [1.165, 1.54) is 5.56 Å². The SMILES string of the molecule is C.C.C=C\C=C/C=C(C)/C1=c2\cc/c([nH]2)=C(\C(=C)/C=C\C(=C)C)C2=N/C(=C(/C(=N)/C=C\C=C)c3ccc([nH]3)/C(c3ccccc3)=C(N)/C=C\C1)C=C2.Cc1ccccc1. The van der Waals surface area contributed by atoms with E-state index in [4.69, 9.17) is 16.1 Å². The molecule has 0 atom stereocenters. The number of nitrogens with two attached hydrogens (primary N) is 1. The summed E-state index contributed by atoms with van der Waals surface area (Å²) in [5.41, 5.74) is 19.3. The summed E-state index contributed by atoms with van der Waals surface area (Å²) in [6, 6.07) is 28.5. The lowest BCUT2D eigenvalue weighted by molar-refractivity contribution is 1.20. The second kappa shape index (κ2) is 22.5. The molecule has 0 saturated carbocycles. The molecule has 6 rings (SSSR count). The summed E-state index contributed by atoms with van der Waals surface area (Å²) in [6.07, 6.45) is 25.4. The van der Waals surface area contributed by atoms with Crippen LogP contribution in [0.4, 0.5) is 0 Å². The van der Waals surface area contributed by atoms with Gasteiger partial charge in [0, 0.05) is 38.8 Å². The Morgan fingerprint density at radius 1 is 0.729 bits per heavy atom. The van der Waals surface area contributed by atoms with Crippen molar-refractivity contribution < 1.29 is 0 Å². The largest absolute Gasteiger partial charge is 0.398 e. The summed E-state index contributed by atoms with van der Waals surface area (Å²) in [6.45, 7) is 22.2. The average molecular weight is 778 g/mol. The number of H-pyrrole nitrogens is 2. The minimum Gasteiger partial charge on any atom is -0.398 e. The number of nitrogens with zero attached hydrogens (tertiary/aromatic N) is 1. The number of nitrogens with one attached hydrogen (secondary N) is 3. The lowest BCUT2D eigenvalue weighted by atomic mass is 9.99. The first-order chi connectivity index (χ1) is 27.6. The van der Waals surface area contributed by atoms with Gasteiger partial charge in [0.2, 0.25) is 0 Å². The van der Waals surface area contributed by atoms with E-state index in [9.17, 15) is 0 Å². The Morgan fingerprint density at radius 2 is 1.39 bits per heavy atom. The number of hydrogen-bond acceptors (Lipinski definition) is 3. The zero-order valence-corrected chi connectivity index (χ0v) is 33.1. The molecule has 0 spiro atoms. The Labute approximate surface area is 352 Å². The molecule has 0 radical (unpaired) electrons. The minimum atomic E-state index is 0. The van der Waals surface area contributed by atoms with E-state index < -0.39 is 0 Å². The third-order valence-corrected chi connectivity index (χ3v) is 9.20. The lowest BCUT2D eigenvalue weighted by Crippen LogP contribution is -2.19. The maximum Gasteiger partial charge on any atom is 0.0752 e. The zero-order valence-electron chi connectivity index (χ0n) is 33.1. The normalized spacial score (nSPS) is 18.9. The van der Waals surface area contributed by atoms with Crippen molar-refractivity contribution in [3.8, 4) is 0 Å². The molecular weight excluding hydrogens is 719 g/mol. The molecule has 6 bridgehead atoms. The number of fused-ring (bicyclic) bond motifs is 5. The summed E-state index contributed by atoms with van der Waals surface area (Å²) in [4.78, 5) is 12.4. The minimum absolute atomic E-state index is 0. The molecule has 5 N–H and O–H groups in total. The van der Waals surface area contributed by atoms with Crippen LogP contribution in [0.15, 0.2) is 223 Å². The monoisotopic (exact) mass is 777 g/mol. The van der Waals surface area contributed by atoms with Crippen LogP contribution in [0.25, 0.3) is 22.3 Å². The molecule has 2 aromatic heterocycles. The molecule has 0 saturated heterocycles. The number of aliphatic imine (C=N–C) groups is 1. The Balaban J connectivity index is 0.000000936. The average Bonchev–Trinajstić information content (AvgIpc) is 3.99. The quantitative estimate of drug-likeness (QED) is 0.0937. The summed E-state index contributed by atoms with van der Waals surface area (Å²) in [5.74, 6) is 0. The number of hydrogen-bond donors (Lipinski definition) is 4. The van der Waals surface area contributed by atoms with Crippen molar-refractivity contribution in [2.45, 2.75) is 42.0 Å². The molecular formula is C54H59N5. The van der Waals surface area contributed by atoms with E-state index in [2.05, 4.69) is 86.5 Å². The van der Waals surface area contributed by atoms with Gasteiger partial charge in [0.05, 0.1) is 22.8 Å². The number of allylic oxidation sites excluding steroid dienone is 17. The zero-order chi connectivity index (χ0) is 40.7. The van der Waals surface area contributed by atoms with Crippen LogP contribution in [-0.4, -0.2) is 21.4 Å². The van der Waals surface area contributed by atoms with E-state index in [1.54, 1.807) is 24.3 Å². The predicted molar refractivity (Wildman–Crippen MR) is 259 cm³/mol. The van der Waals surface area contributed by atoms with Crippen LogP contribution in [0.1, 0.15) is 57.6 Å². The predicted octanol–water partition coefficient (Wildman–Crippen LogP) is 12.2. The Bertz CT molecular complexity index is 2580. The van der Waals surface area contributed by atoms with E-state index in [0.29, 0.717) is 23.4 Å². The number of benzene rings is 2. The van der Waals surface area contributed by atoms with Gasteiger partial charge in [-0.05, 0) is 98.0 Å². The van der Waals surface area contributed by atoms with Crippen LogP contribution < -0.4 is 16.4 Å². The van der Waals surface area contributed by atoms with Gasteiger partial charge in [-0.2, -0.15) is 0 Å². The van der Waals surface area contributed by atoms with Gasteiger partial charge >= 0.3 is 0 Å². The Morgan fingerprint density at radius 3 is 2.03 bits per heavy atom. The van der Waals surface area contributed by atoms with Gasteiger partial charge in [-0.15, -0.1) is 0 Å². The van der Waals surface area contributed by atoms with Gasteiger partial charge in [0.25, 0.3) is 0 Å². The van der Waals surface area contributed by atoms with Crippen molar-refractivity contribution in [3.05, 3.63) is 252 Å². The second-order valence-corrected chi connectivity index (χ2v) is 13.7. The maximum absolute atomic E-state index is 9.12. The molecule has 5 heteroatoms. The molecule has 0 amide bonds. The summed E-state index contributed by atoms with van der Waals surface area (Å²) >= 11 is 0. The molecule has 4 aromatic rings. The summed E-state index contributed by atoms with van der Waals surface area (Å²) in [5, 5.41) is 11.0. The van der Waals surface area contributed by atoms with Gasteiger partial charge in [0.15, 0.2) is 0 Å². The molecule has 2 aliphatic heterocycles. The third-order valence-electron chi connectivity index (χ3n) is 9.20. The third kappa shape index (κ3) is 12.1. The van der Waals surface area contributed by atoms with E-state index in [-0.39, 0.29) is 20.6 Å². The van der Waals surface area contributed by atoms with Crippen molar-refractivity contribution in [3.63, 3.8) is 0 Å². The smallest absolute Gasteiger partial charge is 0.0752 e. The van der Waals surface area contributed by atoms with Gasteiger partial charge < -0.3 is 21.1 Å². The van der Waals surface area contributed by atoms with Crippen LogP contribution in [-0.2, 0) is 0 Å². The number of aromatic amines is 2. The highest BCUT2D eigenvalue weighted by molar-refractivity contribution is 6.33. The molecule has 0 fully saturated rings. The molecule has 2 aliphatic rings. The van der Waals surface area contributed by atoms with Crippen molar-refractivity contribution in [2.24, 2.45) is 10.7 Å². The van der Waals surface area contributed by atoms with Gasteiger partial charge in [-0.3, -0.25) is 0 Å². The highest BCUT2D eigenvalue weighted by Gasteiger charge is 2.21. The van der Waals surface area contributed by atoms with Crippen LogP contribution >= 0.6 is 0 Å². The Hall–Kier alpha value is -7.24. The lowest BCUT2D eigenvalue weighted by Gasteiger charge is -2.11. The van der Waals surface area contributed by atoms with Crippen LogP contribution in [0, 0.1) is 12.3 Å². The van der Waals surface area contributed by atoms with Crippen LogP contribution in [0.3, 0.4) is 0 Å². The molecule has 2 aromatic carbocycles. The van der Waals surface area contributed by atoms with Crippen molar-refractivity contribution >= 4 is 33.7 Å². The Kier molecular flexibility index (Phi) is 17.6. The first-order valence-corrected chi connectivity index (χ1v) is 18.9. The van der Waals surface area contributed by atoms with Crippen LogP contribution in [0.2, 0.25) is 0 Å². The van der Waals surface area contributed by atoms with Crippen molar-refractivity contribution in [1.82, 2.24) is 9.97 Å². The number of aryl methyl sites for hydroxylation is 1. The van der Waals surface area contributed by atoms with E-state index >= 15 is 0 Å². The summed E-state index contributed by atoms with van der Waals surface area (Å²) < 4.78 is 0. The second-order valence-electron chi connectivity index (χ2n) is 13.7. The molecule has 5 nitrogen and oxygen atoms in total. The van der Waals surface area contributed by atoms with Crippen LogP contribution in [0.5, 0.6) is 0 Å². The molecule has 0 unspecified atom stereocenters. The number of aromatic nitrogens is 2. The molecule has 0 aliphatic carbocycles. The van der Waals surface area contributed by atoms with Gasteiger partial charge in [0.1, 0.15) is 0 Å². The fourth-order valence-electron chi connectivity index (χ4n) is 6.38. The van der Waals surface area contributed by atoms with Crippen molar-refractivity contribution in [1.29, 1.82) is 5.41 Å². The standard InChI is InChI=1S/C45H43N5.C7H8.2CH4/c1-7-9-12-16-31(5)34-19-15-21-35(46)44(33-17-13-11-14-18-33)40-27-29-42(50-40)45(36(47)20-10-8-2)41-28-26-39(49-41)43(32(6)23-22-30(3)4)38-25-24-37(34)48-38;1-7-5-3-2-4-6-7;;/h7-18,20-29,47-48,50H,1-3,6,19,46H2,4-5H3;2-6H,1H3;2*1H4/b12-9-,20-10-,21-15-,23-22-,31-16+,37-34+,43-38-,44-35-,45-41-,47-36?;;;. The molecule has 4 heterocycles. The van der Waals surface area contributed by atoms with Gasteiger partial charge in [-0.1, -0.05) is 168 Å². The fraction of sp³-hybridized carbons (Fsp3) is 0.111. The highest BCUT2D eigenvalue weighted by atomic mass is 14.8. The van der Waals surface area contributed by atoms with Crippen molar-refractivity contribution in [2.75, 3.05) is 0 Å². The first-order valence-electron chi connectivity index (χ1n) is 18.9. The maximum atomic E-state index is 9.12.